The first-order valence-electron chi connectivity index (χ1n) is 9.23. The molecule has 27 heavy (non-hydrogen) atoms. The standard InChI is InChI=1S/C19H21FN2O5/c20-10-1-4-13-15(9-10)22(19(26)27)14-6-5-12(14)18(13)21(11-2-3-11)16(23)7-8-17(24)25/h1,4,9,11-12,14,18H,2-3,5-8H2,(H,24,25)(H,26,27)/t12-,14+,18+/m0/s1. The molecule has 0 aromatic heterocycles. The van der Waals surface area contributed by atoms with Gasteiger partial charge in [-0.2, -0.15) is 0 Å². The number of carbonyl (C=O) groups excluding carboxylic acids is 1. The molecule has 0 bridgehead atoms. The molecule has 2 fully saturated rings. The molecule has 8 heteroatoms. The third-order valence-corrected chi connectivity index (χ3v) is 5.88. The van der Waals surface area contributed by atoms with Crippen molar-refractivity contribution >= 4 is 23.7 Å². The molecule has 2 N–H and O–H groups in total. The Morgan fingerprint density at radius 2 is 1.85 bits per heavy atom. The van der Waals surface area contributed by atoms with Crippen LogP contribution < -0.4 is 4.90 Å². The number of anilines is 1. The lowest BCUT2D eigenvalue weighted by Crippen LogP contribution is -2.59. The smallest absolute Gasteiger partial charge is 0.412 e. The summed E-state index contributed by atoms with van der Waals surface area (Å²) < 4.78 is 13.9. The summed E-state index contributed by atoms with van der Waals surface area (Å²) in [5, 5.41) is 18.6. The van der Waals surface area contributed by atoms with E-state index in [9.17, 15) is 23.9 Å². The van der Waals surface area contributed by atoms with E-state index in [1.807, 2.05) is 0 Å². The van der Waals surface area contributed by atoms with Gasteiger partial charge in [0.25, 0.3) is 0 Å². The topological polar surface area (TPSA) is 98.2 Å². The van der Waals surface area contributed by atoms with Crippen molar-refractivity contribution in [3.05, 3.63) is 29.6 Å². The van der Waals surface area contributed by atoms with Gasteiger partial charge in [0.1, 0.15) is 5.82 Å². The fourth-order valence-corrected chi connectivity index (χ4v) is 4.46. The molecule has 1 aliphatic heterocycles. The fraction of sp³-hybridized carbons (Fsp3) is 0.526. The van der Waals surface area contributed by atoms with Crippen molar-refractivity contribution in [1.82, 2.24) is 4.90 Å². The minimum Gasteiger partial charge on any atom is -0.481 e. The average molecular weight is 376 g/mol. The van der Waals surface area contributed by atoms with Crippen LogP contribution >= 0.6 is 0 Å². The lowest BCUT2D eigenvalue weighted by Gasteiger charge is -2.54. The van der Waals surface area contributed by atoms with Crippen molar-refractivity contribution in [2.24, 2.45) is 5.92 Å². The summed E-state index contributed by atoms with van der Waals surface area (Å²) in [4.78, 5) is 38.5. The number of aliphatic carboxylic acids is 1. The highest BCUT2D eigenvalue weighted by Crippen LogP contribution is 2.54. The Balaban J connectivity index is 1.74. The Morgan fingerprint density at radius 1 is 1.11 bits per heavy atom. The van der Waals surface area contributed by atoms with Gasteiger partial charge < -0.3 is 15.1 Å². The highest BCUT2D eigenvalue weighted by Gasteiger charge is 2.53. The predicted octanol–water partition coefficient (Wildman–Crippen LogP) is 3.00. The minimum atomic E-state index is -1.12. The largest absolute Gasteiger partial charge is 0.481 e. The van der Waals surface area contributed by atoms with Gasteiger partial charge in [0, 0.05) is 24.4 Å². The molecule has 1 aromatic carbocycles. The van der Waals surface area contributed by atoms with Crippen LogP contribution in [0.15, 0.2) is 18.2 Å². The van der Waals surface area contributed by atoms with E-state index in [0.717, 1.165) is 19.3 Å². The second-order valence-corrected chi connectivity index (χ2v) is 7.54. The number of amides is 2. The van der Waals surface area contributed by atoms with E-state index in [0.29, 0.717) is 17.7 Å². The zero-order chi connectivity index (χ0) is 19.3. The highest BCUT2D eigenvalue weighted by atomic mass is 19.1. The third kappa shape index (κ3) is 3.02. The van der Waals surface area contributed by atoms with Gasteiger partial charge in [-0.25, -0.2) is 9.18 Å². The lowest BCUT2D eigenvalue weighted by molar-refractivity contribution is -0.143. The molecule has 3 atom stereocenters. The van der Waals surface area contributed by atoms with Crippen molar-refractivity contribution in [3.8, 4) is 0 Å². The third-order valence-electron chi connectivity index (χ3n) is 5.88. The summed E-state index contributed by atoms with van der Waals surface area (Å²) in [7, 11) is 0. The number of carboxylic acids is 1. The second-order valence-electron chi connectivity index (χ2n) is 7.54. The van der Waals surface area contributed by atoms with Crippen molar-refractivity contribution in [1.29, 1.82) is 0 Å². The van der Waals surface area contributed by atoms with E-state index < -0.39 is 17.9 Å². The quantitative estimate of drug-likeness (QED) is 0.823. The number of nitrogens with zero attached hydrogens (tertiary/aromatic N) is 2. The van der Waals surface area contributed by atoms with Gasteiger partial charge in [-0.05, 0) is 43.4 Å². The van der Waals surface area contributed by atoms with Gasteiger partial charge in [0.05, 0.1) is 18.2 Å². The Labute approximate surface area is 155 Å². The number of carboxylic acid groups (broad SMARTS) is 2. The maximum absolute atomic E-state index is 13.9. The van der Waals surface area contributed by atoms with E-state index >= 15 is 0 Å². The molecule has 2 amide bonds. The molecule has 0 unspecified atom stereocenters. The fourth-order valence-electron chi connectivity index (χ4n) is 4.46. The summed E-state index contributed by atoms with van der Waals surface area (Å²) in [6.45, 7) is 0. The molecule has 2 aliphatic carbocycles. The van der Waals surface area contributed by atoms with Crippen molar-refractivity contribution in [2.45, 2.75) is 56.7 Å². The van der Waals surface area contributed by atoms with Crippen LogP contribution in [-0.2, 0) is 9.59 Å². The summed E-state index contributed by atoms with van der Waals surface area (Å²) in [5.41, 5.74) is 0.931. The van der Waals surface area contributed by atoms with Crippen LogP contribution in [0.3, 0.4) is 0 Å². The van der Waals surface area contributed by atoms with Crippen LogP contribution in [0.4, 0.5) is 14.9 Å². The molecular formula is C19H21FN2O5. The van der Waals surface area contributed by atoms with E-state index in [1.54, 1.807) is 11.0 Å². The van der Waals surface area contributed by atoms with Crippen molar-refractivity contribution in [2.75, 3.05) is 4.90 Å². The van der Waals surface area contributed by atoms with Gasteiger partial charge in [-0.15, -0.1) is 0 Å². The zero-order valence-electron chi connectivity index (χ0n) is 14.7. The summed E-state index contributed by atoms with van der Waals surface area (Å²) in [5.74, 6) is -1.82. The van der Waals surface area contributed by atoms with Crippen molar-refractivity contribution < 1.29 is 29.0 Å². The molecule has 0 radical (unpaired) electrons. The maximum Gasteiger partial charge on any atom is 0.412 e. The van der Waals surface area contributed by atoms with E-state index in [4.69, 9.17) is 5.11 Å². The van der Waals surface area contributed by atoms with E-state index in [2.05, 4.69) is 0 Å². The van der Waals surface area contributed by atoms with Crippen LogP contribution in [0, 0.1) is 11.7 Å². The molecule has 7 nitrogen and oxygen atoms in total. The number of carbonyl (C=O) groups is 3. The average Bonchev–Trinajstić information content (AvgIpc) is 3.39. The number of rotatable bonds is 5. The molecule has 0 saturated heterocycles. The van der Waals surface area contributed by atoms with E-state index in [-0.39, 0.29) is 42.8 Å². The number of halogens is 1. The monoisotopic (exact) mass is 376 g/mol. The second kappa shape index (κ2) is 6.51. The predicted molar refractivity (Wildman–Crippen MR) is 92.9 cm³/mol. The lowest BCUT2D eigenvalue weighted by atomic mass is 9.68. The molecule has 144 valence electrons. The Bertz CT molecular complexity index is 809. The Morgan fingerprint density at radius 3 is 2.41 bits per heavy atom. The van der Waals surface area contributed by atoms with Crippen LogP contribution in [-0.4, -0.2) is 45.2 Å². The summed E-state index contributed by atoms with van der Waals surface area (Å²) >= 11 is 0. The molecule has 1 heterocycles. The van der Waals surface area contributed by atoms with Crippen molar-refractivity contribution in [3.63, 3.8) is 0 Å². The molecule has 2 saturated carbocycles. The molecule has 0 spiro atoms. The first kappa shape index (κ1) is 17.8. The van der Waals surface area contributed by atoms with Gasteiger partial charge in [0.2, 0.25) is 5.91 Å². The van der Waals surface area contributed by atoms with Crippen LogP contribution in [0.1, 0.15) is 50.1 Å². The number of benzene rings is 1. The highest BCUT2D eigenvalue weighted by molar-refractivity contribution is 5.90. The first-order valence-corrected chi connectivity index (χ1v) is 9.23. The summed E-state index contributed by atoms with van der Waals surface area (Å²) in [6.07, 6.45) is 1.72. The number of hydrogen-bond donors (Lipinski definition) is 2. The Kier molecular flexibility index (Phi) is 4.28. The zero-order valence-corrected chi connectivity index (χ0v) is 14.7. The molecular weight excluding hydrogens is 355 g/mol. The minimum absolute atomic E-state index is 0.0477. The molecule has 4 rings (SSSR count). The first-order chi connectivity index (χ1) is 12.9. The summed E-state index contributed by atoms with van der Waals surface area (Å²) in [6, 6.07) is 3.51. The SMILES string of the molecule is O=C(O)CCC(=O)N(C1CC1)[C@H]1c2ccc(F)cc2N(C(=O)O)[C@@H]2CC[C@@H]21. The van der Waals surface area contributed by atoms with Gasteiger partial charge in [-0.3, -0.25) is 14.5 Å². The normalized spacial score (nSPS) is 25.8. The molecule has 1 aromatic rings. The van der Waals surface area contributed by atoms with Crippen LogP contribution in [0.25, 0.3) is 0 Å². The van der Waals surface area contributed by atoms with Gasteiger partial charge in [0.15, 0.2) is 0 Å². The van der Waals surface area contributed by atoms with Crippen LogP contribution in [0.5, 0.6) is 0 Å². The van der Waals surface area contributed by atoms with Gasteiger partial charge in [-0.1, -0.05) is 6.07 Å². The Hall–Kier alpha value is -2.64. The molecule has 3 aliphatic rings. The number of fused-ring (bicyclic) bond motifs is 2. The van der Waals surface area contributed by atoms with Gasteiger partial charge >= 0.3 is 12.1 Å². The maximum atomic E-state index is 13.9. The van der Waals surface area contributed by atoms with Crippen LogP contribution in [0.2, 0.25) is 0 Å². The number of hydrogen-bond acceptors (Lipinski definition) is 3. The van der Waals surface area contributed by atoms with E-state index in [1.165, 1.54) is 17.0 Å².